The number of hydrogen-bond acceptors (Lipinski definition) is 5. The highest BCUT2D eigenvalue weighted by Gasteiger charge is 2.65. The molecule has 152 valence electrons. The van der Waals surface area contributed by atoms with Gasteiger partial charge in [0, 0.05) is 6.20 Å². The molecule has 2 fully saturated rings. The Kier molecular flexibility index (Phi) is 4.18. The zero-order valence-corrected chi connectivity index (χ0v) is 16.5. The summed E-state index contributed by atoms with van der Waals surface area (Å²) in [6, 6.07) is 9.81. The van der Waals surface area contributed by atoms with Crippen molar-refractivity contribution < 1.29 is 23.5 Å². The fraction of sp³-hybridized carbons (Fsp3) is 0.227. The molecule has 3 aliphatic rings. The zero-order chi connectivity index (χ0) is 21.2. The van der Waals surface area contributed by atoms with E-state index in [1.165, 1.54) is 19.2 Å². The highest BCUT2D eigenvalue weighted by atomic mass is 35.5. The van der Waals surface area contributed by atoms with Gasteiger partial charge in [0.2, 0.25) is 11.8 Å². The van der Waals surface area contributed by atoms with Crippen molar-refractivity contribution in [1.82, 2.24) is 4.90 Å². The highest BCUT2D eigenvalue weighted by molar-refractivity contribution is 6.31. The van der Waals surface area contributed by atoms with Crippen LogP contribution in [0.25, 0.3) is 6.08 Å². The smallest absolute Gasteiger partial charge is 0.329 e. The Morgan fingerprint density at radius 3 is 2.57 bits per heavy atom. The summed E-state index contributed by atoms with van der Waals surface area (Å²) < 4.78 is 18.6. The standard InChI is InChI=1S/C22H16ClFN2O4/c1-30-22(29)19-17-16(18-13-5-3-2-4-11(13)8-9-25(18)19)20(27)26(21(17)28)12-6-7-15(24)14(23)10-12/h2-10,16-19H,1H3/t16-,17+,18+,19-/m0/s1. The maximum absolute atomic E-state index is 13.6. The molecule has 3 heterocycles. The van der Waals surface area contributed by atoms with Gasteiger partial charge >= 0.3 is 5.97 Å². The van der Waals surface area contributed by atoms with Gasteiger partial charge in [-0.05, 0) is 35.4 Å². The van der Waals surface area contributed by atoms with Gasteiger partial charge in [-0.25, -0.2) is 14.1 Å². The van der Waals surface area contributed by atoms with E-state index in [0.717, 1.165) is 22.1 Å². The lowest BCUT2D eigenvalue weighted by molar-refractivity contribution is -0.148. The molecular formula is C22H16ClFN2O4. The molecule has 5 rings (SSSR count). The summed E-state index contributed by atoms with van der Waals surface area (Å²) in [5, 5.41) is -0.192. The first kappa shape index (κ1) is 18.8. The number of anilines is 1. The van der Waals surface area contributed by atoms with Crippen molar-refractivity contribution >= 4 is 41.1 Å². The molecule has 2 amide bonds. The predicted octanol–water partition coefficient (Wildman–Crippen LogP) is 3.17. The van der Waals surface area contributed by atoms with Gasteiger partial charge in [-0.1, -0.05) is 35.9 Å². The second-order valence-corrected chi connectivity index (χ2v) is 7.87. The van der Waals surface area contributed by atoms with Crippen LogP contribution in [-0.4, -0.2) is 35.8 Å². The Bertz CT molecular complexity index is 1130. The van der Waals surface area contributed by atoms with Gasteiger partial charge in [0.05, 0.1) is 35.7 Å². The number of carbonyl (C=O) groups is 3. The molecule has 6 nitrogen and oxygen atoms in total. The van der Waals surface area contributed by atoms with Crippen molar-refractivity contribution in [2.24, 2.45) is 11.8 Å². The lowest BCUT2D eigenvalue weighted by atomic mass is 9.84. The lowest BCUT2D eigenvalue weighted by Gasteiger charge is -2.34. The van der Waals surface area contributed by atoms with Crippen molar-refractivity contribution in [3.63, 3.8) is 0 Å². The summed E-state index contributed by atoms with van der Waals surface area (Å²) in [6.07, 6.45) is 3.60. The van der Waals surface area contributed by atoms with Gasteiger partial charge in [0.15, 0.2) is 0 Å². The lowest BCUT2D eigenvalue weighted by Crippen LogP contribution is -2.44. The largest absolute Gasteiger partial charge is 0.467 e. The van der Waals surface area contributed by atoms with E-state index in [0.29, 0.717) is 0 Å². The molecule has 0 N–H and O–H groups in total. The number of imide groups is 1. The third kappa shape index (κ3) is 2.45. The molecule has 0 bridgehead atoms. The third-order valence-corrected chi connectivity index (χ3v) is 6.36. The van der Waals surface area contributed by atoms with Crippen molar-refractivity contribution in [1.29, 1.82) is 0 Å². The van der Waals surface area contributed by atoms with Gasteiger partial charge in [-0.15, -0.1) is 0 Å². The van der Waals surface area contributed by atoms with E-state index in [4.69, 9.17) is 16.3 Å². The summed E-state index contributed by atoms with van der Waals surface area (Å²) >= 11 is 5.87. The maximum atomic E-state index is 13.6. The quantitative estimate of drug-likeness (QED) is 0.545. The maximum Gasteiger partial charge on any atom is 0.329 e. The van der Waals surface area contributed by atoms with Gasteiger partial charge in [-0.2, -0.15) is 0 Å². The number of halogens is 2. The number of amides is 2. The molecule has 8 heteroatoms. The van der Waals surface area contributed by atoms with Crippen LogP contribution in [0.2, 0.25) is 5.02 Å². The number of nitrogens with zero attached hydrogens (tertiary/aromatic N) is 2. The molecule has 3 aliphatic heterocycles. The molecule has 2 saturated heterocycles. The van der Waals surface area contributed by atoms with E-state index in [9.17, 15) is 18.8 Å². The number of benzene rings is 2. The van der Waals surface area contributed by atoms with Gasteiger partial charge in [-0.3, -0.25) is 9.59 Å². The van der Waals surface area contributed by atoms with Crippen molar-refractivity contribution in [3.8, 4) is 0 Å². The fourth-order valence-corrected chi connectivity index (χ4v) is 5.00. The van der Waals surface area contributed by atoms with E-state index in [1.54, 1.807) is 11.1 Å². The highest BCUT2D eigenvalue weighted by Crippen LogP contribution is 2.53. The molecule has 0 aliphatic carbocycles. The zero-order valence-electron chi connectivity index (χ0n) is 15.8. The first-order chi connectivity index (χ1) is 14.4. The predicted molar refractivity (Wildman–Crippen MR) is 107 cm³/mol. The molecule has 4 atom stereocenters. The molecule has 2 aromatic rings. The second-order valence-electron chi connectivity index (χ2n) is 7.47. The van der Waals surface area contributed by atoms with E-state index in [-0.39, 0.29) is 10.7 Å². The minimum atomic E-state index is -0.938. The molecule has 0 saturated carbocycles. The number of ether oxygens (including phenoxy) is 1. The number of hydrogen-bond donors (Lipinski definition) is 0. The van der Waals surface area contributed by atoms with Crippen LogP contribution in [0.5, 0.6) is 0 Å². The monoisotopic (exact) mass is 426 g/mol. The number of methoxy groups -OCH3 is 1. The van der Waals surface area contributed by atoms with E-state index in [2.05, 4.69) is 0 Å². The Morgan fingerprint density at radius 2 is 1.83 bits per heavy atom. The summed E-state index contributed by atoms with van der Waals surface area (Å²) in [4.78, 5) is 42.3. The van der Waals surface area contributed by atoms with Crippen LogP contribution in [-0.2, 0) is 19.1 Å². The van der Waals surface area contributed by atoms with Crippen molar-refractivity contribution in [3.05, 3.63) is 70.6 Å². The molecule has 0 radical (unpaired) electrons. The van der Waals surface area contributed by atoms with Gasteiger partial charge in [0.1, 0.15) is 11.9 Å². The van der Waals surface area contributed by atoms with Crippen LogP contribution in [0.15, 0.2) is 48.7 Å². The first-order valence-electron chi connectivity index (χ1n) is 9.39. The Hall–Kier alpha value is -3.19. The molecule has 0 aromatic heterocycles. The number of rotatable bonds is 2. The van der Waals surface area contributed by atoms with Gasteiger partial charge < -0.3 is 9.64 Å². The number of fused-ring (bicyclic) bond motifs is 5. The number of esters is 1. The Balaban J connectivity index is 1.65. The molecule has 0 spiro atoms. The average Bonchev–Trinajstić information content (AvgIpc) is 3.22. The van der Waals surface area contributed by atoms with Crippen molar-refractivity contribution in [2.75, 3.05) is 12.0 Å². The Morgan fingerprint density at radius 1 is 1.10 bits per heavy atom. The van der Waals surface area contributed by atoms with Crippen molar-refractivity contribution in [2.45, 2.75) is 12.1 Å². The molecular weight excluding hydrogens is 411 g/mol. The molecule has 30 heavy (non-hydrogen) atoms. The van der Waals surface area contributed by atoms with E-state index in [1.807, 2.05) is 30.3 Å². The molecule has 2 aromatic carbocycles. The topological polar surface area (TPSA) is 66.9 Å². The van der Waals surface area contributed by atoms with Crippen LogP contribution >= 0.6 is 11.6 Å². The minimum Gasteiger partial charge on any atom is -0.467 e. The summed E-state index contributed by atoms with van der Waals surface area (Å²) in [5.74, 6) is -3.91. The van der Waals surface area contributed by atoms with Crippen LogP contribution in [0, 0.1) is 17.7 Å². The van der Waals surface area contributed by atoms with E-state index >= 15 is 0 Å². The number of carbonyl (C=O) groups excluding carboxylic acids is 3. The van der Waals surface area contributed by atoms with Gasteiger partial charge in [0.25, 0.3) is 0 Å². The van der Waals surface area contributed by atoms with Crippen LogP contribution in [0.4, 0.5) is 10.1 Å². The summed E-state index contributed by atoms with van der Waals surface area (Å²) in [7, 11) is 1.25. The first-order valence-corrected chi connectivity index (χ1v) is 9.77. The van der Waals surface area contributed by atoms with Crippen LogP contribution in [0.1, 0.15) is 17.2 Å². The summed E-state index contributed by atoms with van der Waals surface area (Å²) in [6.45, 7) is 0. The second kappa shape index (κ2) is 6.67. The summed E-state index contributed by atoms with van der Waals surface area (Å²) in [5.41, 5.74) is 1.97. The minimum absolute atomic E-state index is 0.181. The third-order valence-electron chi connectivity index (χ3n) is 6.07. The normalized spacial score (nSPS) is 26.5. The van der Waals surface area contributed by atoms with Crippen LogP contribution in [0.3, 0.4) is 0 Å². The van der Waals surface area contributed by atoms with E-state index < -0.39 is 47.5 Å². The fourth-order valence-electron chi connectivity index (χ4n) is 4.83. The average molecular weight is 427 g/mol. The SMILES string of the molecule is COC(=O)[C@@H]1[C@@H]2C(=O)N(c3ccc(F)c(Cl)c3)C(=O)[C@@H]2[C@H]2c3ccccc3C=CN12. The van der Waals surface area contributed by atoms with Crippen LogP contribution < -0.4 is 4.90 Å². The molecule has 0 unspecified atom stereocenters. The Labute approximate surface area is 176 Å².